The van der Waals surface area contributed by atoms with Crippen molar-refractivity contribution in [1.82, 2.24) is 4.98 Å². The molecule has 1 heterocycles. The van der Waals surface area contributed by atoms with E-state index in [0.29, 0.717) is 22.5 Å². The van der Waals surface area contributed by atoms with Crippen LogP contribution in [0.3, 0.4) is 0 Å². The van der Waals surface area contributed by atoms with Gasteiger partial charge in [-0.05, 0) is 30.4 Å². The lowest BCUT2D eigenvalue weighted by Crippen LogP contribution is -2.12. The number of nitrogens with zero attached hydrogens (tertiary/aromatic N) is 1. The van der Waals surface area contributed by atoms with Gasteiger partial charge in [-0.15, -0.1) is 0 Å². The zero-order chi connectivity index (χ0) is 14.7. The number of amides is 1. The third kappa shape index (κ3) is 3.62. The van der Waals surface area contributed by atoms with Gasteiger partial charge < -0.3 is 5.73 Å². The standard InChI is InChI=1S/C15H16Cl2N2O/c1-9(2-5-14(18)20)6-10-3-4-11-12(7-10)15(17)19-8-13(11)16/h3-4,7-9H,2,5-6H2,1H3,(H2,18,20)/t9-/m1/s1. The van der Waals surface area contributed by atoms with Crippen molar-refractivity contribution in [3.05, 3.63) is 40.1 Å². The van der Waals surface area contributed by atoms with E-state index in [2.05, 4.69) is 11.9 Å². The van der Waals surface area contributed by atoms with E-state index in [9.17, 15) is 4.79 Å². The van der Waals surface area contributed by atoms with Crippen molar-refractivity contribution >= 4 is 39.9 Å². The molecule has 1 atom stereocenters. The van der Waals surface area contributed by atoms with E-state index in [1.165, 1.54) is 0 Å². The maximum absolute atomic E-state index is 10.8. The van der Waals surface area contributed by atoms with Crippen LogP contribution in [0, 0.1) is 5.92 Å². The van der Waals surface area contributed by atoms with E-state index in [1.807, 2.05) is 18.2 Å². The Hall–Kier alpha value is -1.32. The van der Waals surface area contributed by atoms with Gasteiger partial charge >= 0.3 is 0 Å². The first kappa shape index (κ1) is 15.1. The quantitative estimate of drug-likeness (QED) is 0.849. The summed E-state index contributed by atoms with van der Waals surface area (Å²) in [5, 5.41) is 2.81. The molecule has 0 saturated carbocycles. The van der Waals surface area contributed by atoms with Crippen molar-refractivity contribution in [2.75, 3.05) is 0 Å². The van der Waals surface area contributed by atoms with Crippen LogP contribution in [0.25, 0.3) is 10.8 Å². The number of benzene rings is 1. The number of carbonyl (C=O) groups is 1. The molecule has 0 aliphatic rings. The zero-order valence-corrected chi connectivity index (χ0v) is 12.7. The summed E-state index contributed by atoms with van der Waals surface area (Å²) in [4.78, 5) is 14.9. The maximum atomic E-state index is 10.8. The second-order valence-corrected chi connectivity index (χ2v) is 5.86. The second kappa shape index (κ2) is 6.42. The van der Waals surface area contributed by atoms with Crippen LogP contribution in [0.4, 0.5) is 0 Å². The lowest BCUT2D eigenvalue weighted by atomic mass is 9.95. The van der Waals surface area contributed by atoms with Gasteiger partial charge in [-0.25, -0.2) is 4.98 Å². The number of hydrogen-bond donors (Lipinski definition) is 1. The average Bonchev–Trinajstić information content (AvgIpc) is 2.41. The molecule has 0 spiro atoms. The molecule has 1 amide bonds. The Balaban J connectivity index is 2.19. The molecule has 20 heavy (non-hydrogen) atoms. The Morgan fingerprint density at radius 2 is 2.10 bits per heavy atom. The summed E-state index contributed by atoms with van der Waals surface area (Å²) >= 11 is 12.2. The Kier molecular flexibility index (Phi) is 4.84. The molecule has 0 bridgehead atoms. The molecule has 1 aromatic carbocycles. The first-order valence-electron chi connectivity index (χ1n) is 6.48. The Morgan fingerprint density at radius 1 is 1.35 bits per heavy atom. The van der Waals surface area contributed by atoms with Gasteiger partial charge in [0.1, 0.15) is 5.15 Å². The number of aromatic nitrogens is 1. The second-order valence-electron chi connectivity index (χ2n) is 5.09. The summed E-state index contributed by atoms with van der Waals surface area (Å²) in [5.74, 6) is 0.125. The van der Waals surface area contributed by atoms with Crippen LogP contribution in [0.15, 0.2) is 24.4 Å². The van der Waals surface area contributed by atoms with Crippen LogP contribution in [-0.4, -0.2) is 10.9 Å². The van der Waals surface area contributed by atoms with Gasteiger partial charge in [-0.1, -0.05) is 42.3 Å². The number of hydrogen-bond acceptors (Lipinski definition) is 2. The zero-order valence-electron chi connectivity index (χ0n) is 11.2. The average molecular weight is 311 g/mol. The molecule has 2 N–H and O–H groups in total. The molecule has 5 heteroatoms. The molecule has 0 aliphatic carbocycles. The number of primary amides is 1. The summed E-state index contributed by atoms with van der Waals surface area (Å²) < 4.78 is 0. The lowest BCUT2D eigenvalue weighted by molar-refractivity contribution is -0.118. The summed E-state index contributed by atoms with van der Waals surface area (Å²) in [6.45, 7) is 2.10. The third-order valence-corrected chi connectivity index (χ3v) is 3.92. The fourth-order valence-corrected chi connectivity index (χ4v) is 2.66. The molecule has 2 aromatic rings. The summed E-state index contributed by atoms with van der Waals surface area (Å²) in [7, 11) is 0. The minimum atomic E-state index is -0.255. The molecule has 0 fully saturated rings. The van der Waals surface area contributed by atoms with Crippen LogP contribution in [0.1, 0.15) is 25.3 Å². The number of pyridine rings is 1. The number of nitrogens with two attached hydrogens (primary N) is 1. The highest BCUT2D eigenvalue weighted by Crippen LogP contribution is 2.29. The van der Waals surface area contributed by atoms with E-state index >= 15 is 0 Å². The monoisotopic (exact) mass is 310 g/mol. The van der Waals surface area contributed by atoms with Crippen molar-refractivity contribution in [1.29, 1.82) is 0 Å². The van der Waals surface area contributed by atoms with Gasteiger partial charge in [0.05, 0.1) is 5.02 Å². The highest BCUT2D eigenvalue weighted by Gasteiger charge is 2.09. The first-order chi connectivity index (χ1) is 9.47. The Labute approximate surface area is 128 Å². The van der Waals surface area contributed by atoms with E-state index in [1.54, 1.807) is 6.20 Å². The summed E-state index contributed by atoms with van der Waals surface area (Å²) in [5.41, 5.74) is 6.32. The van der Waals surface area contributed by atoms with E-state index in [4.69, 9.17) is 28.9 Å². The van der Waals surface area contributed by atoms with Gasteiger partial charge in [0.15, 0.2) is 0 Å². The van der Waals surface area contributed by atoms with Crippen LogP contribution in [0.5, 0.6) is 0 Å². The van der Waals surface area contributed by atoms with Crippen LogP contribution in [-0.2, 0) is 11.2 Å². The normalized spacial score (nSPS) is 12.6. The van der Waals surface area contributed by atoms with E-state index < -0.39 is 0 Å². The topological polar surface area (TPSA) is 56.0 Å². The minimum absolute atomic E-state index is 0.255. The van der Waals surface area contributed by atoms with Crippen molar-refractivity contribution in [3.8, 4) is 0 Å². The molecule has 0 aliphatic heterocycles. The van der Waals surface area contributed by atoms with Crippen molar-refractivity contribution < 1.29 is 4.79 Å². The van der Waals surface area contributed by atoms with E-state index in [0.717, 1.165) is 29.2 Å². The number of rotatable bonds is 5. The van der Waals surface area contributed by atoms with Crippen LogP contribution >= 0.6 is 23.2 Å². The van der Waals surface area contributed by atoms with Crippen molar-refractivity contribution in [3.63, 3.8) is 0 Å². The fraction of sp³-hybridized carbons (Fsp3) is 0.333. The number of fused-ring (bicyclic) bond motifs is 1. The maximum Gasteiger partial charge on any atom is 0.217 e. The molecule has 0 radical (unpaired) electrons. The minimum Gasteiger partial charge on any atom is -0.370 e. The third-order valence-electron chi connectivity index (χ3n) is 3.32. The molecule has 2 rings (SSSR count). The van der Waals surface area contributed by atoms with Gasteiger partial charge in [0.25, 0.3) is 0 Å². The predicted molar refractivity (Wildman–Crippen MR) is 83.1 cm³/mol. The molecular weight excluding hydrogens is 295 g/mol. The Morgan fingerprint density at radius 3 is 2.80 bits per heavy atom. The first-order valence-corrected chi connectivity index (χ1v) is 7.24. The SMILES string of the molecule is C[C@H](CCC(N)=O)Cc1ccc2c(Cl)cnc(Cl)c2c1. The number of carbonyl (C=O) groups excluding carboxylic acids is 1. The van der Waals surface area contributed by atoms with Gasteiger partial charge in [0, 0.05) is 23.4 Å². The van der Waals surface area contributed by atoms with Crippen molar-refractivity contribution in [2.45, 2.75) is 26.2 Å². The van der Waals surface area contributed by atoms with Gasteiger partial charge in [-0.3, -0.25) is 4.79 Å². The van der Waals surface area contributed by atoms with Gasteiger partial charge in [0.2, 0.25) is 5.91 Å². The number of halogens is 2. The molecule has 1 aromatic heterocycles. The summed E-state index contributed by atoms with van der Waals surface area (Å²) in [6, 6.07) is 6.00. The largest absolute Gasteiger partial charge is 0.370 e. The van der Waals surface area contributed by atoms with Crippen molar-refractivity contribution in [2.24, 2.45) is 11.7 Å². The van der Waals surface area contributed by atoms with Crippen LogP contribution in [0.2, 0.25) is 10.2 Å². The van der Waals surface area contributed by atoms with Crippen LogP contribution < -0.4 is 5.73 Å². The lowest BCUT2D eigenvalue weighted by Gasteiger charge is -2.11. The highest BCUT2D eigenvalue weighted by atomic mass is 35.5. The Bertz CT molecular complexity index is 643. The van der Waals surface area contributed by atoms with E-state index in [-0.39, 0.29) is 5.91 Å². The van der Waals surface area contributed by atoms with Gasteiger partial charge in [-0.2, -0.15) is 0 Å². The smallest absolute Gasteiger partial charge is 0.217 e. The molecular formula is C15H16Cl2N2O. The fourth-order valence-electron chi connectivity index (χ4n) is 2.24. The predicted octanol–water partition coefficient (Wildman–Crippen LogP) is 3.99. The molecule has 0 saturated heterocycles. The summed E-state index contributed by atoms with van der Waals surface area (Å²) in [6.07, 6.45) is 3.63. The highest BCUT2D eigenvalue weighted by molar-refractivity contribution is 6.39. The molecule has 106 valence electrons. The molecule has 3 nitrogen and oxygen atoms in total. The molecule has 0 unspecified atom stereocenters.